The summed E-state index contributed by atoms with van der Waals surface area (Å²) in [7, 11) is 0. The van der Waals surface area contributed by atoms with E-state index >= 15 is 0 Å². The van der Waals surface area contributed by atoms with Crippen molar-refractivity contribution in [2.75, 3.05) is 5.32 Å². The van der Waals surface area contributed by atoms with Gasteiger partial charge in [0, 0.05) is 11.5 Å². The fraction of sp³-hybridized carbons (Fsp3) is 0.125. The number of aryl methyl sites for hydroxylation is 1. The molecule has 0 spiro atoms. The molecule has 0 bridgehead atoms. The van der Waals surface area contributed by atoms with E-state index in [1.165, 1.54) is 17.7 Å². The molecule has 0 aliphatic rings. The topological polar surface area (TPSA) is 89.6 Å². The molecule has 2 rings (SSSR count). The Kier molecular flexibility index (Phi) is 3.02. The molecule has 0 atom stereocenters. The van der Waals surface area contributed by atoms with Crippen LogP contribution in [0.3, 0.4) is 0 Å². The normalized spacial score (nSPS) is 10.1. The first-order valence-electron chi connectivity index (χ1n) is 4.35. The van der Waals surface area contributed by atoms with Gasteiger partial charge in [0.15, 0.2) is 5.82 Å². The Hall–Kier alpha value is -1.67. The summed E-state index contributed by atoms with van der Waals surface area (Å²) in [5.74, 6) is 1.19. The summed E-state index contributed by atoms with van der Waals surface area (Å²) in [6.07, 6.45) is 1.53. The summed E-state index contributed by atoms with van der Waals surface area (Å²) in [4.78, 5) is 4.41. The summed E-state index contributed by atoms with van der Waals surface area (Å²) < 4.78 is 4.04. The Morgan fingerprint density at radius 3 is 3.00 bits per heavy atom. The molecule has 0 saturated carbocycles. The second kappa shape index (κ2) is 4.45. The van der Waals surface area contributed by atoms with E-state index in [9.17, 15) is 0 Å². The SMILES string of the molecule is Cc1nsc(Nc2nnccc2C(N)=S)n1. The Bertz CT molecular complexity index is 523. The van der Waals surface area contributed by atoms with E-state index < -0.39 is 0 Å². The van der Waals surface area contributed by atoms with Gasteiger partial charge in [0.2, 0.25) is 5.13 Å². The molecule has 0 amide bonds. The molecule has 16 heavy (non-hydrogen) atoms. The Labute approximate surface area is 101 Å². The van der Waals surface area contributed by atoms with Crippen LogP contribution in [0.5, 0.6) is 0 Å². The van der Waals surface area contributed by atoms with Crippen molar-refractivity contribution in [2.45, 2.75) is 6.92 Å². The highest BCUT2D eigenvalue weighted by Crippen LogP contribution is 2.18. The fourth-order valence-corrected chi connectivity index (χ4v) is 1.81. The number of aromatic nitrogens is 4. The van der Waals surface area contributed by atoms with Crippen LogP contribution in [0.4, 0.5) is 10.9 Å². The van der Waals surface area contributed by atoms with Gasteiger partial charge in [0.05, 0.1) is 11.8 Å². The van der Waals surface area contributed by atoms with Gasteiger partial charge in [-0.3, -0.25) is 0 Å². The van der Waals surface area contributed by atoms with Gasteiger partial charge in [-0.25, -0.2) is 4.98 Å². The highest BCUT2D eigenvalue weighted by atomic mass is 32.1. The van der Waals surface area contributed by atoms with Gasteiger partial charge in [-0.2, -0.15) is 9.47 Å². The molecule has 6 nitrogen and oxygen atoms in total. The summed E-state index contributed by atoms with van der Waals surface area (Å²) in [6.45, 7) is 1.81. The van der Waals surface area contributed by atoms with Crippen molar-refractivity contribution < 1.29 is 0 Å². The maximum Gasteiger partial charge on any atom is 0.208 e. The zero-order valence-corrected chi connectivity index (χ0v) is 9.97. The zero-order valence-electron chi connectivity index (χ0n) is 8.34. The Morgan fingerprint density at radius 2 is 2.38 bits per heavy atom. The van der Waals surface area contributed by atoms with E-state index in [0.29, 0.717) is 22.3 Å². The third-order valence-corrected chi connectivity index (χ3v) is 2.68. The molecule has 0 unspecified atom stereocenters. The predicted octanol–water partition coefficient (Wildman–Crippen LogP) is 1.01. The minimum Gasteiger partial charge on any atom is -0.389 e. The van der Waals surface area contributed by atoms with E-state index in [-0.39, 0.29) is 4.99 Å². The molecular weight excluding hydrogens is 244 g/mol. The molecule has 3 N–H and O–H groups in total. The van der Waals surface area contributed by atoms with Gasteiger partial charge in [-0.1, -0.05) is 12.2 Å². The number of nitrogens with two attached hydrogens (primary N) is 1. The number of nitrogens with zero attached hydrogens (tertiary/aromatic N) is 4. The van der Waals surface area contributed by atoms with Gasteiger partial charge < -0.3 is 11.1 Å². The van der Waals surface area contributed by atoms with Crippen molar-refractivity contribution in [3.05, 3.63) is 23.7 Å². The monoisotopic (exact) mass is 252 g/mol. The third-order valence-electron chi connectivity index (χ3n) is 1.74. The molecule has 2 heterocycles. The van der Waals surface area contributed by atoms with Crippen LogP contribution in [-0.2, 0) is 0 Å². The maximum atomic E-state index is 5.56. The van der Waals surface area contributed by atoms with Crippen LogP contribution in [-0.4, -0.2) is 24.5 Å². The standard InChI is InChI=1S/C8H8N6S2/c1-4-11-8(16-14-4)12-7-5(6(9)15)2-3-10-13-7/h2-3H,1H3,(H2,9,15)(H,11,12,13,14). The highest BCUT2D eigenvalue weighted by Gasteiger charge is 2.09. The van der Waals surface area contributed by atoms with Crippen LogP contribution < -0.4 is 11.1 Å². The maximum absolute atomic E-state index is 5.56. The molecular formula is C8H8N6S2. The van der Waals surface area contributed by atoms with E-state index in [4.69, 9.17) is 18.0 Å². The van der Waals surface area contributed by atoms with Crippen LogP contribution in [0.25, 0.3) is 0 Å². The second-order valence-electron chi connectivity index (χ2n) is 2.93. The van der Waals surface area contributed by atoms with Crippen molar-refractivity contribution in [1.29, 1.82) is 0 Å². The van der Waals surface area contributed by atoms with Crippen LogP contribution in [0.1, 0.15) is 11.4 Å². The lowest BCUT2D eigenvalue weighted by atomic mass is 10.3. The second-order valence-corrected chi connectivity index (χ2v) is 4.12. The lowest BCUT2D eigenvalue weighted by Gasteiger charge is -2.05. The lowest BCUT2D eigenvalue weighted by molar-refractivity contribution is 1.03. The van der Waals surface area contributed by atoms with E-state index in [2.05, 4.69) is 24.9 Å². The smallest absolute Gasteiger partial charge is 0.208 e. The van der Waals surface area contributed by atoms with Gasteiger partial charge in [0.25, 0.3) is 0 Å². The summed E-state index contributed by atoms with van der Waals surface area (Å²) in [5.41, 5.74) is 6.20. The van der Waals surface area contributed by atoms with Crippen LogP contribution in [0.15, 0.2) is 12.3 Å². The average Bonchev–Trinajstić information content (AvgIpc) is 2.64. The zero-order chi connectivity index (χ0) is 11.5. The summed E-state index contributed by atoms with van der Waals surface area (Å²) >= 11 is 6.15. The molecule has 0 fully saturated rings. The number of rotatable bonds is 3. The van der Waals surface area contributed by atoms with Gasteiger partial charge in [0.1, 0.15) is 10.8 Å². The number of anilines is 2. The van der Waals surface area contributed by atoms with Gasteiger partial charge >= 0.3 is 0 Å². The number of hydrogen-bond donors (Lipinski definition) is 2. The molecule has 0 radical (unpaired) electrons. The molecule has 0 aromatic carbocycles. The van der Waals surface area contributed by atoms with Crippen LogP contribution in [0, 0.1) is 6.92 Å². The Morgan fingerprint density at radius 1 is 1.56 bits per heavy atom. The summed E-state index contributed by atoms with van der Waals surface area (Å²) in [6, 6.07) is 1.70. The largest absolute Gasteiger partial charge is 0.389 e. The molecule has 0 aliphatic carbocycles. The molecule has 2 aromatic heterocycles. The van der Waals surface area contributed by atoms with Crippen molar-refractivity contribution in [3.8, 4) is 0 Å². The number of nitrogens with one attached hydrogen (secondary N) is 1. The van der Waals surface area contributed by atoms with E-state index in [0.717, 1.165) is 0 Å². The number of thiocarbonyl (C=S) groups is 1. The highest BCUT2D eigenvalue weighted by molar-refractivity contribution is 7.80. The number of hydrogen-bond acceptors (Lipinski definition) is 7. The molecule has 8 heteroatoms. The van der Waals surface area contributed by atoms with E-state index in [1.54, 1.807) is 6.07 Å². The quantitative estimate of drug-likeness (QED) is 0.788. The average molecular weight is 252 g/mol. The van der Waals surface area contributed by atoms with Crippen molar-refractivity contribution >= 4 is 39.7 Å². The lowest BCUT2D eigenvalue weighted by Crippen LogP contribution is -2.13. The minimum atomic E-state index is 0.263. The van der Waals surface area contributed by atoms with Gasteiger partial charge in [-0.05, 0) is 13.0 Å². The van der Waals surface area contributed by atoms with Gasteiger partial charge in [-0.15, -0.1) is 5.10 Å². The van der Waals surface area contributed by atoms with E-state index in [1.807, 2.05) is 6.92 Å². The first-order chi connectivity index (χ1) is 7.66. The van der Waals surface area contributed by atoms with Crippen molar-refractivity contribution in [3.63, 3.8) is 0 Å². The molecule has 0 aliphatic heterocycles. The first-order valence-corrected chi connectivity index (χ1v) is 5.54. The minimum absolute atomic E-state index is 0.263. The molecule has 2 aromatic rings. The fourth-order valence-electron chi connectivity index (χ4n) is 1.07. The van der Waals surface area contributed by atoms with Crippen molar-refractivity contribution in [1.82, 2.24) is 19.6 Å². The predicted molar refractivity (Wildman–Crippen MR) is 65.8 cm³/mol. The third kappa shape index (κ3) is 2.28. The van der Waals surface area contributed by atoms with Crippen LogP contribution >= 0.6 is 23.8 Å². The molecule has 0 saturated heterocycles. The first kappa shape index (κ1) is 10.8. The Balaban J connectivity index is 2.31. The summed E-state index contributed by atoms with van der Waals surface area (Å²) in [5, 5.41) is 11.3. The van der Waals surface area contributed by atoms with Crippen LogP contribution in [0.2, 0.25) is 0 Å². The molecule has 82 valence electrons. The van der Waals surface area contributed by atoms with Crippen molar-refractivity contribution in [2.24, 2.45) is 5.73 Å².